The molecule has 1 aliphatic carbocycles. The predicted molar refractivity (Wildman–Crippen MR) is 103 cm³/mol. The van der Waals surface area contributed by atoms with E-state index in [2.05, 4.69) is 9.68 Å². The lowest BCUT2D eigenvalue weighted by Gasteiger charge is -2.22. The Balaban J connectivity index is 1.62. The zero-order valence-electron chi connectivity index (χ0n) is 17.1. The van der Waals surface area contributed by atoms with Gasteiger partial charge in [0, 0.05) is 30.8 Å². The van der Waals surface area contributed by atoms with Gasteiger partial charge in [-0.2, -0.15) is 13.2 Å². The van der Waals surface area contributed by atoms with E-state index in [-0.39, 0.29) is 40.5 Å². The van der Waals surface area contributed by atoms with Crippen LogP contribution in [0.1, 0.15) is 42.1 Å². The monoisotopic (exact) mass is 458 g/mol. The largest absolute Gasteiger partial charge is 0.490 e. The highest BCUT2D eigenvalue weighted by Crippen LogP contribution is 2.59. The summed E-state index contributed by atoms with van der Waals surface area (Å²) in [6.45, 7) is 4.06. The third-order valence-corrected chi connectivity index (χ3v) is 6.82. The van der Waals surface area contributed by atoms with E-state index < -0.39 is 33.1 Å². The fourth-order valence-corrected chi connectivity index (χ4v) is 4.76. The maximum atomic E-state index is 13.3. The second-order valence-electron chi connectivity index (χ2n) is 8.41. The van der Waals surface area contributed by atoms with Crippen molar-refractivity contribution < 1.29 is 35.6 Å². The molecule has 4 rings (SSSR count). The summed E-state index contributed by atoms with van der Waals surface area (Å²) in [7, 11) is -3.55. The molecule has 0 radical (unpaired) electrons. The van der Waals surface area contributed by atoms with Crippen LogP contribution in [0.2, 0.25) is 0 Å². The van der Waals surface area contributed by atoms with E-state index in [1.165, 1.54) is 23.1 Å². The Bertz CT molecular complexity index is 1140. The number of nitrogens with zero attached hydrogens (tertiary/aromatic N) is 2. The van der Waals surface area contributed by atoms with Crippen LogP contribution in [0.5, 0.6) is 5.75 Å². The van der Waals surface area contributed by atoms with Crippen LogP contribution in [-0.4, -0.2) is 49.8 Å². The van der Waals surface area contributed by atoms with Crippen molar-refractivity contribution in [1.82, 2.24) is 10.1 Å². The number of rotatable bonds is 5. The minimum Gasteiger partial charge on any atom is -0.490 e. The van der Waals surface area contributed by atoms with E-state index in [0.717, 1.165) is 12.3 Å². The maximum absolute atomic E-state index is 13.3. The molecule has 31 heavy (non-hydrogen) atoms. The molecule has 1 saturated heterocycles. The third kappa shape index (κ3) is 3.90. The van der Waals surface area contributed by atoms with Gasteiger partial charge < -0.3 is 14.2 Å². The van der Waals surface area contributed by atoms with Gasteiger partial charge in [0.2, 0.25) is 5.76 Å². The molecular formula is C20H21F3N2O5S. The SMILES string of the molecule is CC(C)Oc1ccc(S(C)(=O)=O)cc1C(=O)N1C[C@@H]2C[C@]2(c2cc(C(F)(F)F)on2)C1. The molecule has 2 heterocycles. The average Bonchev–Trinajstić information content (AvgIpc) is 3.03. The fourth-order valence-electron chi connectivity index (χ4n) is 4.11. The standard InChI is InChI=1S/C20H21F3N2O5S/c1-11(2)29-15-5-4-13(31(3,27)28)6-14(15)18(26)25-9-12-8-19(12,10-25)16-7-17(30-24-16)20(21,22)23/h4-7,11-12H,8-10H2,1-3H3/t12-,19-/m0/s1. The number of piperidine rings is 1. The van der Waals surface area contributed by atoms with E-state index in [4.69, 9.17) is 4.74 Å². The van der Waals surface area contributed by atoms with Gasteiger partial charge in [0.1, 0.15) is 5.75 Å². The Labute approximate surface area is 177 Å². The van der Waals surface area contributed by atoms with E-state index in [9.17, 15) is 26.4 Å². The Morgan fingerprint density at radius 2 is 2.03 bits per heavy atom. The predicted octanol–water partition coefficient (Wildman–Crippen LogP) is 3.30. The Hall–Kier alpha value is -2.56. The van der Waals surface area contributed by atoms with Gasteiger partial charge in [-0.25, -0.2) is 8.42 Å². The van der Waals surface area contributed by atoms with Crippen LogP contribution in [0.3, 0.4) is 0 Å². The normalized spacial score (nSPS) is 23.2. The molecule has 1 aromatic heterocycles. The Morgan fingerprint density at radius 3 is 2.61 bits per heavy atom. The number of fused-ring (bicyclic) bond motifs is 1. The average molecular weight is 458 g/mol. The molecule has 1 saturated carbocycles. The Kier molecular flexibility index (Phi) is 4.87. The first-order chi connectivity index (χ1) is 14.3. The van der Waals surface area contributed by atoms with Crippen molar-refractivity contribution in [3.63, 3.8) is 0 Å². The quantitative estimate of drug-likeness (QED) is 0.683. The molecule has 1 amide bonds. The van der Waals surface area contributed by atoms with Crippen LogP contribution in [0, 0.1) is 5.92 Å². The highest BCUT2D eigenvalue weighted by molar-refractivity contribution is 7.90. The smallest absolute Gasteiger partial charge is 0.452 e. The van der Waals surface area contributed by atoms with Crippen molar-refractivity contribution in [1.29, 1.82) is 0 Å². The van der Waals surface area contributed by atoms with Gasteiger partial charge in [-0.05, 0) is 44.4 Å². The molecular weight excluding hydrogens is 437 g/mol. The summed E-state index contributed by atoms with van der Waals surface area (Å²) >= 11 is 0. The third-order valence-electron chi connectivity index (χ3n) is 5.70. The summed E-state index contributed by atoms with van der Waals surface area (Å²) < 4.78 is 72.7. The zero-order chi connectivity index (χ0) is 22.8. The lowest BCUT2D eigenvalue weighted by molar-refractivity contribution is -0.155. The molecule has 0 spiro atoms. The van der Waals surface area contributed by atoms with Crippen molar-refractivity contribution in [2.24, 2.45) is 5.92 Å². The van der Waals surface area contributed by atoms with Gasteiger partial charge in [0.25, 0.3) is 5.91 Å². The number of sulfone groups is 1. The van der Waals surface area contributed by atoms with Gasteiger partial charge in [0.05, 0.1) is 22.3 Å². The number of carbonyl (C=O) groups excluding carboxylic acids is 1. The van der Waals surface area contributed by atoms with Gasteiger partial charge in [-0.15, -0.1) is 0 Å². The van der Waals surface area contributed by atoms with Gasteiger partial charge in [0.15, 0.2) is 9.84 Å². The van der Waals surface area contributed by atoms with E-state index in [0.29, 0.717) is 13.0 Å². The minimum absolute atomic E-state index is 0.0163. The maximum Gasteiger partial charge on any atom is 0.452 e. The molecule has 0 N–H and O–H groups in total. The number of aromatic nitrogens is 1. The van der Waals surface area contributed by atoms with Crippen LogP contribution in [-0.2, 0) is 21.4 Å². The molecule has 1 aromatic carbocycles. The molecule has 7 nitrogen and oxygen atoms in total. The summed E-state index contributed by atoms with van der Waals surface area (Å²) in [5.41, 5.74) is -0.385. The van der Waals surface area contributed by atoms with Crippen molar-refractivity contribution in [3.05, 3.63) is 41.3 Å². The minimum atomic E-state index is -4.63. The summed E-state index contributed by atoms with van der Waals surface area (Å²) in [5, 5.41) is 3.61. The molecule has 0 bridgehead atoms. The van der Waals surface area contributed by atoms with E-state index >= 15 is 0 Å². The lowest BCUT2D eigenvalue weighted by atomic mass is 10.0. The van der Waals surface area contributed by atoms with Crippen molar-refractivity contribution in [2.45, 2.75) is 42.9 Å². The number of ether oxygens (including phenoxy) is 1. The first-order valence-corrected chi connectivity index (χ1v) is 11.5. The number of halogens is 3. The molecule has 2 fully saturated rings. The van der Waals surface area contributed by atoms with Crippen molar-refractivity contribution in [3.8, 4) is 5.75 Å². The van der Waals surface area contributed by atoms with Gasteiger partial charge in [-0.3, -0.25) is 4.79 Å². The fraction of sp³-hybridized carbons (Fsp3) is 0.500. The molecule has 2 aliphatic rings. The van der Waals surface area contributed by atoms with Gasteiger partial charge in [-0.1, -0.05) is 5.16 Å². The van der Waals surface area contributed by atoms with Gasteiger partial charge >= 0.3 is 6.18 Å². The molecule has 1 aliphatic heterocycles. The highest BCUT2D eigenvalue weighted by atomic mass is 32.2. The van der Waals surface area contributed by atoms with Crippen LogP contribution in [0.25, 0.3) is 0 Å². The molecule has 2 atom stereocenters. The number of benzene rings is 1. The molecule has 11 heteroatoms. The lowest BCUT2D eigenvalue weighted by Crippen LogP contribution is -2.33. The Morgan fingerprint density at radius 1 is 1.32 bits per heavy atom. The summed E-state index contributed by atoms with van der Waals surface area (Å²) in [6, 6.07) is 5.00. The summed E-state index contributed by atoms with van der Waals surface area (Å²) in [6.07, 6.45) is -3.22. The van der Waals surface area contributed by atoms with Crippen LogP contribution < -0.4 is 4.74 Å². The molecule has 0 unspecified atom stereocenters. The number of likely N-dealkylation sites (tertiary alicyclic amines) is 1. The second kappa shape index (κ2) is 6.98. The van der Waals surface area contributed by atoms with Crippen LogP contribution in [0.4, 0.5) is 13.2 Å². The first-order valence-electron chi connectivity index (χ1n) is 9.66. The van der Waals surface area contributed by atoms with E-state index in [1.807, 2.05) is 0 Å². The summed E-state index contributed by atoms with van der Waals surface area (Å²) in [4.78, 5) is 14.7. The second-order valence-corrected chi connectivity index (χ2v) is 10.4. The number of alkyl halides is 3. The van der Waals surface area contributed by atoms with Crippen LogP contribution >= 0.6 is 0 Å². The molecule has 2 aromatic rings. The van der Waals surface area contributed by atoms with E-state index in [1.54, 1.807) is 13.8 Å². The number of hydrogen-bond acceptors (Lipinski definition) is 6. The van der Waals surface area contributed by atoms with Crippen LogP contribution in [0.15, 0.2) is 33.7 Å². The first kappa shape index (κ1) is 21.7. The number of amides is 1. The number of carbonyl (C=O) groups is 1. The topological polar surface area (TPSA) is 89.7 Å². The van der Waals surface area contributed by atoms with Crippen molar-refractivity contribution in [2.75, 3.05) is 19.3 Å². The molecule has 168 valence electrons. The zero-order valence-corrected chi connectivity index (χ0v) is 17.9. The van der Waals surface area contributed by atoms with Crippen molar-refractivity contribution >= 4 is 15.7 Å². The summed E-state index contributed by atoms with van der Waals surface area (Å²) in [5.74, 6) is -1.38. The number of hydrogen-bond donors (Lipinski definition) is 0. The highest BCUT2D eigenvalue weighted by Gasteiger charge is 2.64.